The number of thiophene rings is 1. The third-order valence-electron chi connectivity index (χ3n) is 4.85. The maximum atomic E-state index is 13.1. The van der Waals surface area contributed by atoms with Gasteiger partial charge in [0.2, 0.25) is 10.0 Å². The van der Waals surface area contributed by atoms with Gasteiger partial charge >= 0.3 is 0 Å². The third-order valence-corrected chi connectivity index (χ3v) is 7.74. The Morgan fingerprint density at radius 1 is 1.06 bits per heavy atom. The van der Waals surface area contributed by atoms with Crippen molar-refractivity contribution in [3.8, 4) is 10.4 Å². The Morgan fingerprint density at radius 2 is 1.81 bits per heavy atom. The van der Waals surface area contributed by atoms with Gasteiger partial charge in [0.1, 0.15) is 10.9 Å². The molecule has 1 atom stereocenters. The van der Waals surface area contributed by atoms with Gasteiger partial charge in [-0.05, 0) is 42.2 Å². The quantitative estimate of drug-likeness (QED) is 0.499. The average molecular weight is 458 g/mol. The Morgan fingerprint density at radius 3 is 2.42 bits per heavy atom. The monoisotopic (exact) mass is 457 g/mol. The number of carbonyl (C=O) groups excluding carboxylic acids is 1. The van der Waals surface area contributed by atoms with Gasteiger partial charge in [0.05, 0.1) is 0 Å². The van der Waals surface area contributed by atoms with E-state index in [-0.39, 0.29) is 18.4 Å². The topological polar surface area (TPSA) is 88.2 Å². The minimum atomic E-state index is -3.54. The fourth-order valence-corrected chi connectivity index (χ4v) is 5.98. The largest absolute Gasteiger partial charge is 0.354 e. The van der Waals surface area contributed by atoms with Gasteiger partial charge < -0.3 is 5.32 Å². The highest BCUT2D eigenvalue weighted by atomic mass is 32.2. The van der Waals surface area contributed by atoms with E-state index in [0.717, 1.165) is 20.9 Å². The van der Waals surface area contributed by atoms with Gasteiger partial charge in [-0.25, -0.2) is 13.1 Å². The molecule has 0 aliphatic rings. The first-order valence-corrected chi connectivity index (χ1v) is 12.5. The maximum absolute atomic E-state index is 13.1. The van der Waals surface area contributed by atoms with Crippen LogP contribution in [0.2, 0.25) is 0 Å². The second kappa shape index (κ2) is 10.2. The van der Waals surface area contributed by atoms with Gasteiger partial charge in [-0.2, -0.15) is 0 Å². The van der Waals surface area contributed by atoms with E-state index in [1.54, 1.807) is 19.3 Å². The van der Waals surface area contributed by atoms with Gasteiger partial charge in [0.15, 0.2) is 0 Å². The summed E-state index contributed by atoms with van der Waals surface area (Å²) in [6.45, 7) is 4.29. The molecule has 0 aliphatic carbocycles. The van der Waals surface area contributed by atoms with E-state index in [4.69, 9.17) is 0 Å². The molecule has 0 spiro atoms. The molecule has 31 heavy (non-hydrogen) atoms. The highest BCUT2D eigenvalue weighted by Crippen LogP contribution is 2.31. The number of carbonyl (C=O) groups is 1. The number of pyridine rings is 1. The SMILES string of the molecule is CNC(=O)c1ccc(-c2ccc(CNS(=O)(=O)C(CC(C)C)c3ccccc3)s2)cn1. The summed E-state index contributed by atoms with van der Waals surface area (Å²) in [6, 6.07) is 16.7. The fourth-order valence-electron chi connectivity index (χ4n) is 3.24. The van der Waals surface area contributed by atoms with Crippen LogP contribution in [0.1, 0.15) is 46.4 Å². The average Bonchev–Trinajstić information content (AvgIpc) is 3.25. The summed E-state index contributed by atoms with van der Waals surface area (Å²) >= 11 is 1.50. The molecule has 0 radical (unpaired) electrons. The van der Waals surface area contributed by atoms with Crippen LogP contribution in [0.5, 0.6) is 0 Å². The summed E-state index contributed by atoms with van der Waals surface area (Å²) in [5, 5.41) is 1.96. The lowest BCUT2D eigenvalue weighted by Gasteiger charge is -2.20. The van der Waals surface area contributed by atoms with Crippen LogP contribution < -0.4 is 10.0 Å². The first-order chi connectivity index (χ1) is 14.8. The molecule has 6 nitrogen and oxygen atoms in total. The van der Waals surface area contributed by atoms with Crippen molar-refractivity contribution in [3.05, 3.63) is 76.9 Å². The second-order valence-electron chi connectivity index (χ2n) is 7.67. The summed E-state index contributed by atoms with van der Waals surface area (Å²) in [4.78, 5) is 17.7. The zero-order chi connectivity index (χ0) is 22.4. The number of hydrogen-bond donors (Lipinski definition) is 2. The molecule has 1 unspecified atom stereocenters. The van der Waals surface area contributed by atoms with Crippen LogP contribution in [0.4, 0.5) is 0 Å². The van der Waals surface area contributed by atoms with Crippen LogP contribution in [-0.4, -0.2) is 26.4 Å². The molecule has 0 aliphatic heterocycles. The van der Waals surface area contributed by atoms with Crippen molar-refractivity contribution in [2.75, 3.05) is 7.05 Å². The lowest BCUT2D eigenvalue weighted by atomic mass is 10.0. The molecular weight excluding hydrogens is 430 g/mol. The van der Waals surface area contributed by atoms with Gasteiger partial charge in [0, 0.05) is 35.1 Å². The van der Waals surface area contributed by atoms with Crippen LogP contribution in [0.25, 0.3) is 10.4 Å². The Balaban J connectivity index is 1.72. The number of rotatable bonds is 9. The van der Waals surface area contributed by atoms with Crippen molar-refractivity contribution in [1.29, 1.82) is 0 Å². The van der Waals surface area contributed by atoms with Gasteiger partial charge in [-0.15, -0.1) is 11.3 Å². The molecular formula is C23H27N3O3S2. The molecule has 3 rings (SSSR count). The minimum Gasteiger partial charge on any atom is -0.354 e. The van der Waals surface area contributed by atoms with Crippen LogP contribution in [0.3, 0.4) is 0 Å². The second-order valence-corrected chi connectivity index (χ2v) is 10.8. The molecule has 0 saturated heterocycles. The van der Waals surface area contributed by atoms with Crippen molar-refractivity contribution >= 4 is 27.3 Å². The van der Waals surface area contributed by atoms with E-state index in [2.05, 4.69) is 15.0 Å². The molecule has 0 saturated carbocycles. The zero-order valence-corrected chi connectivity index (χ0v) is 19.5. The molecule has 1 amide bonds. The van der Waals surface area contributed by atoms with Crippen LogP contribution in [0, 0.1) is 5.92 Å². The summed E-state index contributed by atoms with van der Waals surface area (Å²) in [5.74, 6) is 0.0163. The summed E-state index contributed by atoms with van der Waals surface area (Å²) in [7, 11) is -1.98. The van der Waals surface area contributed by atoms with Crippen molar-refractivity contribution in [1.82, 2.24) is 15.0 Å². The molecule has 2 aromatic heterocycles. The lowest BCUT2D eigenvalue weighted by molar-refractivity contribution is 0.0958. The summed E-state index contributed by atoms with van der Waals surface area (Å²) in [5.41, 5.74) is 2.04. The van der Waals surface area contributed by atoms with E-state index >= 15 is 0 Å². The highest BCUT2D eigenvalue weighted by Gasteiger charge is 2.27. The summed E-state index contributed by atoms with van der Waals surface area (Å²) in [6.07, 6.45) is 2.21. The normalized spacial score (nSPS) is 12.6. The third kappa shape index (κ3) is 6.00. The Kier molecular flexibility index (Phi) is 7.59. The Bertz CT molecular complexity index is 1110. The maximum Gasteiger partial charge on any atom is 0.269 e. The molecule has 0 fully saturated rings. The van der Waals surface area contributed by atoms with Crippen molar-refractivity contribution in [2.24, 2.45) is 5.92 Å². The van der Waals surface area contributed by atoms with Gasteiger partial charge in [-0.3, -0.25) is 9.78 Å². The van der Waals surface area contributed by atoms with Crippen LogP contribution in [-0.2, 0) is 16.6 Å². The van der Waals surface area contributed by atoms with Crippen molar-refractivity contribution < 1.29 is 13.2 Å². The van der Waals surface area contributed by atoms with Gasteiger partial charge in [-0.1, -0.05) is 44.2 Å². The fraction of sp³-hybridized carbons (Fsp3) is 0.304. The van der Waals surface area contributed by atoms with E-state index in [0.29, 0.717) is 12.1 Å². The first-order valence-electron chi connectivity index (χ1n) is 10.1. The minimum absolute atomic E-state index is 0.234. The molecule has 1 aromatic carbocycles. The number of benzene rings is 1. The number of amides is 1. The predicted octanol–water partition coefficient (Wildman–Crippen LogP) is 4.38. The Labute approximate surface area is 187 Å². The van der Waals surface area contributed by atoms with E-state index in [9.17, 15) is 13.2 Å². The number of nitrogens with zero attached hydrogens (tertiary/aromatic N) is 1. The van der Waals surface area contributed by atoms with Crippen molar-refractivity contribution in [2.45, 2.75) is 32.1 Å². The van der Waals surface area contributed by atoms with Crippen molar-refractivity contribution in [3.63, 3.8) is 0 Å². The highest BCUT2D eigenvalue weighted by molar-refractivity contribution is 7.89. The lowest BCUT2D eigenvalue weighted by Crippen LogP contribution is -2.29. The molecule has 164 valence electrons. The zero-order valence-electron chi connectivity index (χ0n) is 17.8. The standard InChI is InChI=1S/C23H27N3O3S2/c1-16(2)13-22(17-7-5-4-6-8-17)31(28,29)26-15-19-10-12-21(30-19)18-9-11-20(25-14-18)23(27)24-3/h4-12,14,16,22,26H,13,15H2,1-3H3,(H,24,27). The molecule has 0 bridgehead atoms. The van der Waals surface area contributed by atoms with Crippen LogP contribution >= 0.6 is 11.3 Å². The van der Waals surface area contributed by atoms with E-state index in [1.165, 1.54) is 11.3 Å². The number of hydrogen-bond acceptors (Lipinski definition) is 5. The number of aromatic nitrogens is 1. The Hall–Kier alpha value is -2.55. The summed E-state index contributed by atoms with van der Waals surface area (Å²) < 4.78 is 29.0. The smallest absolute Gasteiger partial charge is 0.269 e. The van der Waals surface area contributed by atoms with Gasteiger partial charge in [0.25, 0.3) is 5.91 Å². The molecule has 2 heterocycles. The van der Waals surface area contributed by atoms with Crippen LogP contribution in [0.15, 0.2) is 60.8 Å². The predicted molar refractivity (Wildman–Crippen MR) is 125 cm³/mol. The first kappa shape index (κ1) is 23.1. The number of sulfonamides is 1. The van der Waals surface area contributed by atoms with E-state index in [1.807, 2.05) is 62.4 Å². The van der Waals surface area contributed by atoms with E-state index < -0.39 is 15.3 Å². The number of nitrogens with one attached hydrogen (secondary N) is 2. The molecule has 3 aromatic rings. The molecule has 2 N–H and O–H groups in total. The molecule has 8 heteroatoms.